The van der Waals surface area contributed by atoms with Crippen LogP contribution in [0.3, 0.4) is 0 Å². The van der Waals surface area contributed by atoms with Crippen LogP contribution in [0.5, 0.6) is 0 Å². The van der Waals surface area contributed by atoms with Gasteiger partial charge in [-0.05, 0) is 24.5 Å². The maximum atomic E-state index is 12.5. The van der Waals surface area contributed by atoms with Crippen LogP contribution in [0.1, 0.15) is 22.3 Å². The van der Waals surface area contributed by atoms with Crippen LogP contribution in [0.2, 0.25) is 5.02 Å². The maximum absolute atomic E-state index is 12.5. The molecular weight excluding hydrogens is 240 g/mol. The molecule has 0 radical (unpaired) electrons. The van der Waals surface area contributed by atoms with Gasteiger partial charge in [0, 0.05) is 10.6 Å². The van der Waals surface area contributed by atoms with Crippen LogP contribution in [0.4, 0.5) is 0 Å². The Morgan fingerprint density at radius 1 is 1.24 bits per heavy atom. The molecule has 0 unspecified atom stereocenters. The van der Waals surface area contributed by atoms with Gasteiger partial charge in [0.2, 0.25) is 0 Å². The van der Waals surface area contributed by atoms with E-state index < -0.39 is 5.41 Å². The molecule has 1 aromatic carbocycles. The predicted octanol–water partition coefficient (Wildman–Crippen LogP) is 2.46. The largest absolute Gasteiger partial charge is 0.354 e. The number of hydrogen-bond donors (Lipinski definition) is 0. The van der Waals surface area contributed by atoms with Gasteiger partial charge in [0.15, 0.2) is 5.78 Å². The van der Waals surface area contributed by atoms with Crippen LogP contribution in [0, 0.1) is 5.41 Å². The molecule has 0 aromatic heterocycles. The van der Waals surface area contributed by atoms with Crippen LogP contribution in [0.15, 0.2) is 18.2 Å². The van der Waals surface area contributed by atoms with Gasteiger partial charge in [0.05, 0.1) is 18.6 Å². The minimum Gasteiger partial charge on any atom is -0.354 e. The van der Waals surface area contributed by atoms with Crippen LogP contribution in [-0.4, -0.2) is 25.8 Å². The van der Waals surface area contributed by atoms with Crippen LogP contribution >= 0.6 is 11.6 Å². The highest BCUT2D eigenvalue weighted by Gasteiger charge is 2.45. The molecule has 1 aliphatic carbocycles. The van der Waals surface area contributed by atoms with Crippen molar-refractivity contribution in [2.75, 3.05) is 20.0 Å². The molecule has 17 heavy (non-hydrogen) atoms. The smallest absolute Gasteiger partial charge is 0.173 e. The fraction of sp³-hybridized carbons (Fsp3) is 0.462. The summed E-state index contributed by atoms with van der Waals surface area (Å²) in [7, 11) is 0. The first-order valence-electron chi connectivity index (χ1n) is 5.71. The number of benzene rings is 1. The summed E-state index contributed by atoms with van der Waals surface area (Å²) in [4.78, 5) is 12.5. The highest BCUT2D eigenvalue weighted by atomic mass is 35.5. The summed E-state index contributed by atoms with van der Waals surface area (Å²) in [6.07, 6.45) is 1.57. The molecule has 1 heterocycles. The summed E-state index contributed by atoms with van der Waals surface area (Å²) in [6, 6.07) is 5.50. The number of Topliss-reactive ketones (excluding diaryl/α,β-unsaturated/α-hetero) is 1. The number of carbonyl (C=O) groups is 1. The summed E-state index contributed by atoms with van der Waals surface area (Å²) in [5.41, 5.74) is 1.21. The molecule has 3 nitrogen and oxygen atoms in total. The fourth-order valence-electron chi connectivity index (χ4n) is 2.64. The van der Waals surface area contributed by atoms with E-state index in [-0.39, 0.29) is 12.6 Å². The number of ether oxygens (including phenoxy) is 2. The summed E-state index contributed by atoms with van der Waals surface area (Å²) in [5, 5.41) is 0.684. The van der Waals surface area contributed by atoms with Crippen LogP contribution in [0.25, 0.3) is 0 Å². The Hall–Kier alpha value is -0.900. The lowest BCUT2D eigenvalue weighted by atomic mass is 9.71. The van der Waals surface area contributed by atoms with E-state index in [0.717, 1.165) is 24.0 Å². The summed E-state index contributed by atoms with van der Waals surface area (Å²) in [6.45, 7) is 1.20. The zero-order chi connectivity index (χ0) is 11.9. The Morgan fingerprint density at radius 2 is 2.00 bits per heavy atom. The van der Waals surface area contributed by atoms with E-state index in [1.54, 1.807) is 0 Å². The molecule has 3 rings (SSSR count). The topological polar surface area (TPSA) is 35.5 Å². The number of hydrogen-bond acceptors (Lipinski definition) is 3. The summed E-state index contributed by atoms with van der Waals surface area (Å²) in [5.74, 6) is 0.112. The van der Waals surface area contributed by atoms with Crippen molar-refractivity contribution in [2.24, 2.45) is 5.41 Å². The van der Waals surface area contributed by atoms with E-state index in [4.69, 9.17) is 21.1 Å². The van der Waals surface area contributed by atoms with Gasteiger partial charge < -0.3 is 9.47 Å². The average molecular weight is 253 g/mol. The Kier molecular flexibility index (Phi) is 2.69. The molecule has 0 atom stereocenters. The van der Waals surface area contributed by atoms with Crippen molar-refractivity contribution in [1.82, 2.24) is 0 Å². The zero-order valence-corrected chi connectivity index (χ0v) is 10.1. The van der Waals surface area contributed by atoms with Gasteiger partial charge in [-0.15, -0.1) is 0 Å². The Labute approximate surface area is 105 Å². The number of ketones is 1. The molecule has 4 heteroatoms. The third-order valence-corrected chi connectivity index (χ3v) is 3.98. The monoisotopic (exact) mass is 252 g/mol. The lowest BCUT2D eigenvalue weighted by Crippen LogP contribution is -2.46. The Bertz CT molecular complexity index is 464. The number of fused-ring (bicyclic) bond motifs is 1. The number of halogens is 1. The highest BCUT2D eigenvalue weighted by molar-refractivity contribution is 6.32. The molecule has 1 fully saturated rings. The molecule has 1 aliphatic heterocycles. The van der Waals surface area contributed by atoms with Gasteiger partial charge in [0.25, 0.3) is 0 Å². The molecule has 1 aromatic rings. The molecule has 2 aliphatic rings. The minimum absolute atomic E-state index is 0.112. The SMILES string of the molecule is O=C1c2cccc(Cl)c2CCC12COCOC2. The third-order valence-electron chi connectivity index (χ3n) is 3.62. The molecule has 0 amide bonds. The second kappa shape index (κ2) is 4.09. The normalized spacial score (nSPS) is 22.5. The molecule has 0 saturated carbocycles. The van der Waals surface area contributed by atoms with Gasteiger partial charge in [-0.1, -0.05) is 23.7 Å². The standard InChI is InChI=1S/C13H13ClO3/c14-11-3-1-2-10-9(11)4-5-13(12(10)15)6-16-8-17-7-13/h1-3H,4-8H2. The van der Waals surface area contributed by atoms with E-state index in [1.807, 2.05) is 18.2 Å². The van der Waals surface area contributed by atoms with Gasteiger partial charge in [-0.25, -0.2) is 0 Å². The first kappa shape index (κ1) is 11.2. The summed E-state index contributed by atoms with van der Waals surface area (Å²) >= 11 is 6.12. The number of rotatable bonds is 0. The Morgan fingerprint density at radius 3 is 2.76 bits per heavy atom. The average Bonchev–Trinajstić information content (AvgIpc) is 2.36. The lowest BCUT2D eigenvalue weighted by molar-refractivity contribution is -0.151. The van der Waals surface area contributed by atoms with E-state index in [1.165, 1.54) is 0 Å². The van der Waals surface area contributed by atoms with Gasteiger partial charge in [-0.3, -0.25) is 4.79 Å². The maximum Gasteiger partial charge on any atom is 0.173 e. The lowest BCUT2D eigenvalue weighted by Gasteiger charge is -2.38. The highest BCUT2D eigenvalue weighted by Crippen LogP contribution is 2.39. The quantitative estimate of drug-likeness (QED) is 0.712. The minimum atomic E-state index is -0.490. The third kappa shape index (κ3) is 1.69. The van der Waals surface area contributed by atoms with Crippen molar-refractivity contribution in [2.45, 2.75) is 12.8 Å². The first-order valence-corrected chi connectivity index (χ1v) is 6.08. The molecule has 1 saturated heterocycles. The zero-order valence-electron chi connectivity index (χ0n) is 9.37. The van der Waals surface area contributed by atoms with Crippen LogP contribution < -0.4 is 0 Å². The van der Waals surface area contributed by atoms with Crippen molar-refractivity contribution >= 4 is 17.4 Å². The molecule has 0 N–H and O–H groups in total. The summed E-state index contributed by atoms with van der Waals surface area (Å²) < 4.78 is 10.6. The van der Waals surface area contributed by atoms with E-state index in [0.29, 0.717) is 18.2 Å². The van der Waals surface area contributed by atoms with E-state index in [2.05, 4.69) is 0 Å². The van der Waals surface area contributed by atoms with Crippen molar-refractivity contribution in [1.29, 1.82) is 0 Å². The van der Waals surface area contributed by atoms with Crippen LogP contribution in [-0.2, 0) is 15.9 Å². The number of carbonyl (C=O) groups excluding carboxylic acids is 1. The van der Waals surface area contributed by atoms with E-state index in [9.17, 15) is 4.79 Å². The predicted molar refractivity (Wildman–Crippen MR) is 63.3 cm³/mol. The second-order valence-electron chi connectivity index (χ2n) is 4.69. The molecule has 0 bridgehead atoms. The second-order valence-corrected chi connectivity index (χ2v) is 5.10. The van der Waals surface area contributed by atoms with Crippen molar-refractivity contribution in [3.8, 4) is 0 Å². The van der Waals surface area contributed by atoms with Crippen molar-refractivity contribution in [3.63, 3.8) is 0 Å². The first-order chi connectivity index (χ1) is 8.23. The van der Waals surface area contributed by atoms with Crippen molar-refractivity contribution < 1.29 is 14.3 Å². The van der Waals surface area contributed by atoms with Gasteiger partial charge in [0.1, 0.15) is 6.79 Å². The molecular formula is C13H13ClO3. The van der Waals surface area contributed by atoms with E-state index >= 15 is 0 Å². The fourth-order valence-corrected chi connectivity index (χ4v) is 2.91. The molecule has 1 spiro atoms. The van der Waals surface area contributed by atoms with Gasteiger partial charge >= 0.3 is 0 Å². The molecule has 90 valence electrons. The Balaban J connectivity index is 2.03. The van der Waals surface area contributed by atoms with Gasteiger partial charge in [-0.2, -0.15) is 0 Å². The van der Waals surface area contributed by atoms with Crippen molar-refractivity contribution in [3.05, 3.63) is 34.3 Å².